The largest absolute Gasteiger partial charge is 0.471 e. The van der Waals surface area contributed by atoms with Gasteiger partial charge in [-0.25, -0.2) is 4.98 Å². The van der Waals surface area contributed by atoms with E-state index in [1.165, 1.54) is 6.20 Å². The molecule has 1 fully saturated rings. The highest BCUT2D eigenvalue weighted by atomic mass is 16.5. The van der Waals surface area contributed by atoms with E-state index in [2.05, 4.69) is 42.8 Å². The van der Waals surface area contributed by atoms with E-state index >= 15 is 0 Å². The van der Waals surface area contributed by atoms with Gasteiger partial charge in [-0.2, -0.15) is 0 Å². The number of ether oxygens (including phenoxy) is 1. The van der Waals surface area contributed by atoms with Crippen molar-refractivity contribution < 1.29 is 14.6 Å². The van der Waals surface area contributed by atoms with Crippen LogP contribution in [0.3, 0.4) is 0 Å². The molecule has 0 spiro atoms. The van der Waals surface area contributed by atoms with Crippen molar-refractivity contribution in [3.05, 3.63) is 63.7 Å². The molecule has 3 aromatic rings. The Balaban J connectivity index is 1.38. The van der Waals surface area contributed by atoms with Gasteiger partial charge in [0.1, 0.15) is 17.4 Å². The van der Waals surface area contributed by atoms with E-state index in [9.17, 15) is 14.7 Å². The monoisotopic (exact) mass is 519 g/mol. The summed E-state index contributed by atoms with van der Waals surface area (Å²) in [6, 6.07) is 7.08. The number of aromatic nitrogens is 2. The van der Waals surface area contributed by atoms with Crippen LogP contribution in [0, 0.1) is 6.92 Å². The molecule has 2 aliphatic rings. The number of nitrogens with one attached hydrogen (secondary N) is 4. The molecule has 1 saturated heterocycles. The molecule has 5 rings (SSSR count). The molecular formula is C27H33N7O4. The fraction of sp³-hybridized carbons (Fsp3) is 0.370. The first-order chi connectivity index (χ1) is 18.3. The van der Waals surface area contributed by atoms with Gasteiger partial charge >= 0.3 is 0 Å². The van der Waals surface area contributed by atoms with Crippen molar-refractivity contribution in [2.75, 3.05) is 60.6 Å². The third-order valence-corrected chi connectivity index (χ3v) is 6.99. The molecule has 1 aromatic carbocycles. The highest BCUT2D eigenvalue weighted by molar-refractivity contribution is 6.08. The highest BCUT2D eigenvalue weighted by Crippen LogP contribution is 2.35. The maximum atomic E-state index is 13.3. The molecule has 0 radical (unpaired) electrons. The number of pyridine rings is 2. The summed E-state index contributed by atoms with van der Waals surface area (Å²) in [6.45, 7) is 7.98. The summed E-state index contributed by atoms with van der Waals surface area (Å²) in [5, 5.41) is 19.4. The number of H-pyrrole nitrogens is 1. The number of rotatable bonds is 6. The zero-order valence-corrected chi connectivity index (χ0v) is 21.8. The molecule has 4 heterocycles. The minimum absolute atomic E-state index is 0.0122. The second-order valence-electron chi connectivity index (χ2n) is 9.75. The topological polar surface area (TPSA) is 135 Å². The smallest absolute Gasteiger partial charge is 0.263 e. The van der Waals surface area contributed by atoms with Gasteiger partial charge in [0.25, 0.3) is 11.5 Å². The first kappa shape index (κ1) is 25.6. The average Bonchev–Trinajstić information content (AvgIpc) is 2.90. The Kier molecular flexibility index (Phi) is 7.21. The zero-order chi connectivity index (χ0) is 26.8. The van der Waals surface area contributed by atoms with Crippen LogP contribution in [-0.4, -0.2) is 71.8 Å². The van der Waals surface area contributed by atoms with Crippen LogP contribution in [0.1, 0.15) is 28.4 Å². The fourth-order valence-electron chi connectivity index (χ4n) is 4.77. The van der Waals surface area contributed by atoms with Crippen molar-refractivity contribution in [3.8, 4) is 5.88 Å². The lowest BCUT2D eigenvalue weighted by Gasteiger charge is -2.35. The Morgan fingerprint density at radius 3 is 2.76 bits per heavy atom. The van der Waals surface area contributed by atoms with Crippen LogP contribution in [0.4, 0.5) is 28.4 Å². The standard InChI is InChI=1S/C27H33N7O4/c1-16-13-29-24-17(2)21(14-30-27(24)38-16)32-20-6-7-28-25(36)23(20)26(37)31-19-4-5-22(18(12-19)15-35)34-10-8-33(3)9-11-34/h4-7,12,14,16,29,35H,8-11,13,15H2,1-3H3,(H,31,37)(H2,28,32,36). The van der Waals surface area contributed by atoms with Crippen molar-refractivity contribution in [1.29, 1.82) is 0 Å². The van der Waals surface area contributed by atoms with Crippen molar-refractivity contribution in [3.63, 3.8) is 0 Å². The number of aromatic amines is 1. The number of amides is 1. The van der Waals surface area contributed by atoms with Crippen LogP contribution in [-0.2, 0) is 6.61 Å². The lowest BCUT2D eigenvalue weighted by molar-refractivity contribution is 0.102. The summed E-state index contributed by atoms with van der Waals surface area (Å²) in [7, 11) is 2.09. The first-order valence-electron chi connectivity index (χ1n) is 12.7. The minimum Gasteiger partial charge on any atom is -0.471 e. The van der Waals surface area contributed by atoms with E-state index in [0.717, 1.165) is 43.1 Å². The van der Waals surface area contributed by atoms with E-state index in [4.69, 9.17) is 4.74 Å². The number of aliphatic hydroxyl groups excluding tert-OH is 1. The van der Waals surface area contributed by atoms with E-state index in [-0.39, 0.29) is 18.3 Å². The molecule has 11 nitrogen and oxygen atoms in total. The number of piperazine rings is 1. The van der Waals surface area contributed by atoms with Gasteiger partial charge in [-0.3, -0.25) is 9.59 Å². The molecule has 1 amide bonds. The zero-order valence-electron chi connectivity index (χ0n) is 21.8. The number of hydrogen-bond acceptors (Lipinski definition) is 9. The molecule has 2 aromatic heterocycles. The molecule has 11 heteroatoms. The van der Waals surface area contributed by atoms with Crippen LogP contribution < -0.4 is 31.1 Å². The maximum Gasteiger partial charge on any atom is 0.263 e. The van der Waals surface area contributed by atoms with Crippen LogP contribution in [0.25, 0.3) is 0 Å². The van der Waals surface area contributed by atoms with Crippen LogP contribution in [0.5, 0.6) is 5.88 Å². The molecule has 38 heavy (non-hydrogen) atoms. The quantitative estimate of drug-likeness (QED) is 0.333. The van der Waals surface area contributed by atoms with Crippen LogP contribution in [0.2, 0.25) is 0 Å². The van der Waals surface area contributed by atoms with Gasteiger partial charge in [-0.15, -0.1) is 0 Å². The Morgan fingerprint density at radius 2 is 2.00 bits per heavy atom. The van der Waals surface area contributed by atoms with Crippen molar-refractivity contribution in [1.82, 2.24) is 14.9 Å². The number of likely N-dealkylation sites (N-methyl/N-ethyl adjacent to an activating group) is 1. The maximum absolute atomic E-state index is 13.3. The minimum atomic E-state index is -0.565. The van der Waals surface area contributed by atoms with Gasteiger partial charge in [-0.05, 0) is 45.2 Å². The van der Waals surface area contributed by atoms with Crippen molar-refractivity contribution in [2.45, 2.75) is 26.6 Å². The number of benzene rings is 1. The lowest BCUT2D eigenvalue weighted by Crippen LogP contribution is -2.44. The summed E-state index contributed by atoms with van der Waals surface area (Å²) in [4.78, 5) is 37.6. The Bertz CT molecular complexity index is 1400. The lowest BCUT2D eigenvalue weighted by atomic mass is 10.1. The van der Waals surface area contributed by atoms with E-state index < -0.39 is 11.5 Å². The molecular weight excluding hydrogens is 486 g/mol. The Morgan fingerprint density at radius 1 is 1.21 bits per heavy atom. The summed E-state index contributed by atoms with van der Waals surface area (Å²) in [5.41, 5.74) is 4.20. The first-order valence-corrected chi connectivity index (χ1v) is 12.7. The number of anilines is 5. The van der Waals surface area contributed by atoms with Gasteiger partial charge < -0.3 is 40.6 Å². The van der Waals surface area contributed by atoms with E-state index in [1.807, 2.05) is 19.9 Å². The number of fused-ring (bicyclic) bond motifs is 1. The van der Waals surface area contributed by atoms with E-state index in [1.54, 1.807) is 24.4 Å². The average molecular weight is 520 g/mol. The Hall–Kier alpha value is -4.09. The number of carbonyl (C=O) groups is 1. The van der Waals surface area contributed by atoms with Gasteiger partial charge in [0, 0.05) is 54.9 Å². The molecule has 2 aliphatic heterocycles. The number of carbonyl (C=O) groups excluding carboxylic acids is 1. The third-order valence-electron chi connectivity index (χ3n) is 6.99. The molecule has 0 aliphatic carbocycles. The van der Waals surface area contributed by atoms with Gasteiger partial charge in [0.2, 0.25) is 5.88 Å². The molecule has 1 atom stereocenters. The van der Waals surface area contributed by atoms with Crippen LogP contribution >= 0.6 is 0 Å². The van der Waals surface area contributed by atoms with Gasteiger partial charge in [0.15, 0.2) is 0 Å². The Labute approximate surface area is 220 Å². The number of hydrogen-bond donors (Lipinski definition) is 5. The molecule has 200 valence electrons. The molecule has 1 unspecified atom stereocenters. The summed E-state index contributed by atoms with van der Waals surface area (Å²) in [6.07, 6.45) is 3.13. The third kappa shape index (κ3) is 5.15. The second kappa shape index (κ2) is 10.7. The summed E-state index contributed by atoms with van der Waals surface area (Å²) < 4.78 is 5.79. The second-order valence-corrected chi connectivity index (χ2v) is 9.75. The summed E-state index contributed by atoms with van der Waals surface area (Å²) >= 11 is 0. The molecule has 0 saturated carbocycles. The number of aliphatic hydroxyl groups is 1. The van der Waals surface area contributed by atoms with E-state index in [0.29, 0.717) is 35.1 Å². The summed E-state index contributed by atoms with van der Waals surface area (Å²) in [5.74, 6) is -0.0418. The van der Waals surface area contributed by atoms with Gasteiger partial charge in [-0.1, -0.05) is 0 Å². The highest BCUT2D eigenvalue weighted by Gasteiger charge is 2.23. The molecule has 5 N–H and O–H groups in total. The number of nitrogens with zero attached hydrogens (tertiary/aromatic N) is 3. The SMILES string of the molecule is Cc1c(Nc2cc[nH]c(=O)c2C(=O)Nc2ccc(N3CCN(C)CC3)c(CO)c2)cnc2c1NCC(C)O2. The fourth-order valence-corrected chi connectivity index (χ4v) is 4.77. The van der Waals surface area contributed by atoms with Gasteiger partial charge in [0.05, 0.1) is 30.7 Å². The predicted molar refractivity (Wildman–Crippen MR) is 148 cm³/mol. The normalized spacial score (nSPS) is 17.3. The van der Waals surface area contributed by atoms with Crippen molar-refractivity contribution >= 4 is 34.3 Å². The molecule has 0 bridgehead atoms. The van der Waals surface area contributed by atoms with Crippen molar-refractivity contribution in [2.24, 2.45) is 0 Å². The predicted octanol–water partition coefficient (Wildman–Crippen LogP) is 2.51. The van der Waals surface area contributed by atoms with Crippen LogP contribution in [0.15, 0.2) is 41.5 Å².